The first-order chi connectivity index (χ1) is 7.60. The van der Waals surface area contributed by atoms with Crippen molar-refractivity contribution in [1.82, 2.24) is 10.2 Å². The fourth-order valence-corrected chi connectivity index (χ4v) is 1.27. The number of likely N-dealkylation sites (N-methyl/N-ethyl adjacent to an activating group) is 2. The summed E-state index contributed by atoms with van der Waals surface area (Å²) in [7, 11) is 1.43. The lowest BCUT2D eigenvalue weighted by Gasteiger charge is -2.24. The van der Waals surface area contributed by atoms with Gasteiger partial charge in [0, 0.05) is 26.7 Å². The standard InChI is InChI=1S/C10H21N3O3/c1-4-12-9(14)7-13(5-2)10(15)8(6-11)16-3/h8H,4-7,11H2,1-3H3,(H,12,14). The number of hydrogen-bond donors (Lipinski definition) is 2. The Morgan fingerprint density at radius 2 is 2.06 bits per heavy atom. The van der Waals surface area contributed by atoms with E-state index in [9.17, 15) is 9.59 Å². The van der Waals surface area contributed by atoms with Gasteiger partial charge < -0.3 is 20.7 Å². The number of nitrogens with one attached hydrogen (secondary N) is 1. The van der Waals surface area contributed by atoms with Crippen LogP contribution in [-0.2, 0) is 14.3 Å². The minimum absolute atomic E-state index is 0.0447. The zero-order valence-electron chi connectivity index (χ0n) is 10.2. The highest BCUT2D eigenvalue weighted by molar-refractivity contribution is 5.87. The number of carbonyl (C=O) groups is 2. The first-order valence-electron chi connectivity index (χ1n) is 5.38. The molecule has 94 valence electrons. The van der Waals surface area contributed by atoms with Crippen LogP contribution in [0.4, 0.5) is 0 Å². The third-order valence-electron chi connectivity index (χ3n) is 2.18. The van der Waals surface area contributed by atoms with Crippen LogP contribution in [0, 0.1) is 0 Å². The van der Waals surface area contributed by atoms with Gasteiger partial charge in [-0.25, -0.2) is 0 Å². The van der Waals surface area contributed by atoms with Gasteiger partial charge in [-0.05, 0) is 13.8 Å². The molecule has 0 aromatic carbocycles. The van der Waals surface area contributed by atoms with E-state index in [-0.39, 0.29) is 24.9 Å². The van der Waals surface area contributed by atoms with Crippen LogP contribution >= 0.6 is 0 Å². The van der Waals surface area contributed by atoms with Gasteiger partial charge in [-0.1, -0.05) is 0 Å². The third-order valence-corrected chi connectivity index (χ3v) is 2.18. The first-order valence-corrected chi connectivity index (χ1v) is 5.38. The van der Waals surface area contributed by atoms with E-state index in [2.05, 4.69) is 5.32 Å². The Morgan fingerprint density at radius 3 is 2.44 bits per heavy atom. The van der Waals surface area contributed by atoms with Gasteiger partial charge in [0.25, 0.3) is 5.91 Å². The van der Waals surface area contributed by atoms with Gasteiger partial charge in [0.2, 0.25) is 5.91 Å². The van der Waals surface area contributed by atoms with Crippen LogP contribution in [0.25, 0.3) is 0 Å². The molecule has 0 aliphatic rings. The number of nitrogens with two attached hydrogens (primary N) is 1. The normalized spacial score (nSPS) is 12.0. The number of methoxy groups -OCH3 is 1. The predicted octanol–water partition coefficient (Wildman–Crippen LogP) is -1.06. The second-order valence-corrected chi connectivity index (χ2v) is 3.27. The summed E-state index contributed by atoms with van der Waals surface area (Å²) in [6.07, 6.45) is -0.672. The second kappa shape index (κ2) is 8.06. The molecule has 1 atom stereocenters. The zero-order valence-corrected chi connectivity index (χ0v) is 10.2. The number of ether oxygens (including phenoxy) is 1. The summed E-state index contributed by atoms with van der Waals surface area (Å²) in [5.74, 6) is -0.427. The lowest BCUT2D eigenvalue weighted by Crippen LogP contribution is -2.47. The Balaban J connectivity index is 4.36. The molecule has 3 N–H and O–H groups in total. The average molecular weight is 231 g/mol. The van der Waals surface area contributed by atoms with E-state index in [0.29, 0.717) is 13.1 Å². The van der Waals surface area contributed by atoms with Crippen LogP contribution in [0.1, 0.15) is 13.8 Å². The molecular formula is C10H21N3O3. The van der Waals surface area contributed by atoms with Crippen molar-refractivity contribution in [3.63, 3.8) is 0 Å². The van der Waals surface area contributed by atoms with Gasteiger partial charge in [-0.2, -0.15) is 0 Å². The lowest BCUT2D eigenvalue weighted by atomic mass is 10.3. The van der Waals surface area contributed by atoms with Crippen molar-refractivity contribution in [2.24, 2.45) is 5.73 Å². The van der Waals surface area contributed by atoms with Gasteiger partial charge in [0.1, 0.15) is 6.10 Å². The van der Waals surface area contributed by atoms with Crippen molar-refractivity contribution in [2.45, 2.75) is 20.0 Å². The van der Waals surface area contributed by atoms with E-state index in [0.717, 1.165) is 0 Å². The fraction of sp³-hybridized carbons (Fsp3) is 0.800. The summed E-state index contributed by atoms with van der Waals surface area (Å²) in [6.45, 7) is 4.80. The van der Waals surface area contributed by atoms with Crippen LogP contribution in [0.3, 0.4) is 0 Å². The monoisotopic (exact) mass is 231 g/mol. The van der Waals surface area contributed by atoms with E-state index in [1.807, 2.05) is 6.92 Å². The average Bonchev–Trinajstić information content (AvgIpc) is 2.27. The Kier molecular flexibility index (Phi) is 7.49. The Labute approximate surface area is 96.1 Å². The molecule has 1 unspecified atom stereocenters. The maximum absolute atomic E-state index is 11.8. The molecular weight excluding hydrogens is 210 g/mol. The Morgan fingerprint density at radius 1 is 1.44 bits per heavy atom. The summed E-state index contributed by atoms with van der Waals surface area (Å²) in [5, 5.41) is 2.64. The lowest BCUT2D eigenvalue weighted by molar-refractivity contribution is -0.144. The molecule has 0 rings (SSSR count). The van der Waals surface area contributed by atoms with Crippen molar-refractivity contribution in [3.8, 4) is 0 Å². The number of carbonyl (C=O) groups excluding carboxylic acids is 2. The van der Waals surface area contributed by atoms with Crippen molar-refractivity contribution >= 4 is 11.8 Å². The first kappa shape index (κ1) is 14.9. The molecule has 0 radical (unpaired) electrons. The molecule has 0 aromatic rings. The molecule has 0 bridgehead atoms. The van der Waals surface area contributed by atoms with Crippen molar-refractivity contribution in [1.29, 1.82) is 0 Å². The minimum atomic E-state index is -0.672. The molecule has 0 aliphatic heterocycles. The van der Waals surface area contributed by atoms with Crippen molar-refractivity contribution in [3.05, 3.63) is 0 Å². The van der Waals surface area contributed by atoms with Gasteiger partial charge >= 0.3 is 0 Å². The van der Waals surface area contributed by atoms with Crippen LogP contribution in [0.2, 0.25) is 0 Å². The minimum Gasteiger partial charge on any atom is -0.370 e. The van der Waals surface area contributed by atoms with E-state index in [1.54, 1.807) is 6.92 Å². The van der Waals surface area contributed by atoms with E-state index < -0.39 is 6.10 Å². The summed E-state index contributed by atoms with van der Waals surface area (Å²) in [4.78, 5) is 24.6. The molecule has 0 heterocycles. The van der Waals surface area contributed by atoms with Crippen LogP contribution in [0.5, 0.6) is 0 Å². The smallest absolute Gasteiger partial charge is 0.253 e. The molecule has 2 amide bonds. The Hall–Kier alpha value is -1.14. The molecule has 0 aromatic heterocycles. The quantitative estimate of drug-likeness (QED) is 0.585. The number of hydrogen-bond acceptors (Lipinski definition) is 4. The summed E-state index contributed by atoms with van der Waals surface area (Å²) in [5.41, 5.74) is 5.39. The van der Waals surface area contributed by atoms with Gasteiger partial charge in [-0.15, -0.1) is 0 Å². The van der Waals surface area contributed by atoms with Crippen molar-refractivity contribution < 1.29 is 14.3 Å². The van der Waals surface area contributed by atoms with Crippen LogP contribution in [-0.4, -0.2) is 56.1 Å². The summed E-state index contributed by atoms with van der Waals surface area (Å²) >= 11 is 0. The van der Waals surface area contributed by atoms with Gasteiger partial charge in [0.05, 0.1) is 6.54 Å². The molecule has 6 heteroatoms. The largest absolute Gasteiger partial charge is 0.370 e. The highest BCUT2D eigenvalue weighted by Gasteiger charge is 2.23. The topological polar surface area (TPSA) is 84.7 Å². The fourth-order valence-electron chi connectivity index (χ4n) is 1.27. The maximum Gasteiger partial charge on any atom is 0.253 e. The number of nitrogens with zero attached hydrogens (tertiary/aromatic N) is 1. The number of amides is 2. The zero-order chi connectivity index (χ0) is 12.6. The van der Waals surface area contributed by atoms with Gasteiger partial charge in [-0.3, -0.25) is 9.59 Å². The molecule has 0 aliphatic carbocycles. The van der Waals surface area contributed by atoms with Crippen LogP contribution < -0.4 is 11.1 Å². The van der Waals surface area contributed by atoms with E-state index >= 15 is 0 Å². The highest BCUT2D eigenvalue weighted by Crippen LogP contribution is 1.97. The maximum atomic E-state index is 11.8. The Bertz CT molecular complexity index is 229. The summed E-state index contributed by atoms with van der Waals surface area (Å²) in [6, 6.07) is 0. The molecule has 0 saturated heterocycles. The molecule has 0 fully saturated rings. The highest BCUT2D eigenvalue weighted by atomic mass is 16.5. The number of rotatable bonds is 7. The summed E-state index contributed by atoms with van der Waals surface area (Å²) < 4.78 is 4.94. The van der Waals surface area contributed by atoms with E-state index in [4.69, 9.17) is 10.5 Å². The van der Waals surface area contributed by atoms with Crippen molar-refractivity contribution in [2.75, 3.05) is 33.3 Å². The SMILES string of the molecule is CCNC(=O)CN(CC)C(=O)C(CN)OC. The van der Waals surface area contributed by atoms with Crippen LogP contribution in [0.15, 0.2) is 0 Å². The molecule has 0 saturated carbocycles. The second-order valence-electron chi connectivity index (χ2n) is 3.27. The molecule has 6 nitrogen and oxygen atoms in total. The predicted molar refractivity (Wildman–Crippen MR) is 60.8 cm³/mol. The molecule has 16 heavy (non-hydrogen) atoms. The van der Waals surface area contributed by atoms with Gasteiger partial charge in [0.15, 0.2) is 0 Å². The third kappa shape index (κ3) is 4.59. The molecule has 0 spiro atoms. The van der Waals surface area contributed by atoms with E-state index in [1.165, 1.54) is 12.0 Å².